The SMILES string of the molecule is CCOC(=O)/C(CC)=N/NC. The molecule has 0 spiro atoms. The number of esters is 1. The quantitative estimate of drug-likeness (QED) is 0.369. The van der Waals surface area contributed by atoms with Crippen molar-refractivity contribution in [1.82, 2.24) is 5.43 Å². The molecule has 0 aliphatic carbocycles. The van der Waals surface area contributed by atoms with Crippen LogP contribution in [0.3, 0.4) is 0 Å². The van der Waals surface area contributed by atoms with Crippen molar-refractivity contribution in [2.45, 2.75) is 20.3 Å². The van der Waals surface area contributed by atoms with E-state index in [1.54, 1.807) is 14.0 Å². The summed E-state index contributed by atoms with van der Waals surface area (Å²) in [5.74, 6) is -0.343. The molecule has 0 saturated carbocycles. The molecular weight excluding hydrogens is 144 g/mol. The molecule has 0 bridgehead atoms. The van der Waals surface area contributed by atoms with Crippen molar-refractivity contribution in [3.8, 4) is 0 Å². The second-order valence-electron chi connectivity index (χ2n) is 1.86. The molecule has 1 N–H and O–H groups in total. The van der Waals surface area contributed by atoms with E-state index in [9.17, 15) is 4.79 Å². The Bertz CT molecular complexity index is 155. The Kier molecular flexibility index (Phi) is 5.15. The maximum atomic E-state index is 11.0. The molecule has 0 unspecified atom stereocenters. The normalized spacial score (nSPS) is 11.0. The smallest absolute Gasteiger partial charge is 0.354 e. The first-order valence-corrected chi connectivity index (χ1v) is 3.66. The van der Waals surface area contributed by atoms with Crippen LogP contribution in [-0.2, 0) is 9.53 Å². The van der Waals surface area contributed by atoms with Crippen LogP contribution in [0, 0.1) is 0 Å². The van der Waals surface area contributed by atoms with Gasteiger partial charge in [0, 0.05) is 7.05 Å². The average Bonchev–Trinajstić information content (AvgIpc) is 2.00. The Morgan fingerprint density at radius 1 is 1.55 bits per heavy atom. The standard InChI is InChI=1S/C7H14N2O2/c1-4-6(9-8-3)7(10)11-5-2/h8H,4-5H2,1-3H3/b9-6+. The highest BCUT2D eigenvalue weighted by molar-refractivity contribution is 6.36. The summed E-state index contributed by atoms with van der Waals surface area (Å²) in [6.45, 7) is 4.01. The zero-order valence-electron chi connectivity index (χ0n) is 7.18. The molecule has 0 radical (unpaired) electrons. The lowest BCUT2D eigenvalue weighted by Crippen LogP contribution is -2.19. The summed E-state index contributed by atoms with van der Waals surface area (Å²) >= 11 is 0. The summed E-state index contributed by atoms with van der Waals surface area (Å²) in [7, 11) is 1.65. The number of nitrogens with one attached hydrogen (secondary N) is 1. The zero-order chi connectivity index (χ0) is 8.69. The van der Waals surface area contributed by atoms with Crippen LogP contribution in [0.2, 0.25) is 0 Å². The van der Waals surface area contributed by atoms with Crippen LogP contribution < -0.4 is 5.43 Å². The van der Waals surface area contributed by atoms with Gasteiger partial charge in [0.1, 0.15) is 5.71 Å². The molecule has 0 saturated heterocycles. The van der Waals surface area contributed by atoms with E-state index in [0.29, 0.717) is 18.7 Å². The van der Waals surface area contributed by atoms with Crippen LogP contribution in [0.25, 0.3) is 0 Å². The fraction of sp³-hybridized carbons (Fsp3) is 0.714. The lowest BCUT2D eigenvalue weighted by Gasteiger charge is -2.01. The van der Waals surface area contributed by atoms with Gasteiger partial charge < -0.3 is 10.2 Å². The molecular formula is C7H14N2O2. The van der Waals surface area contributed by atoms with Gasteiger partial charge >= 0.3 is 5.97 Å². The van der Waals surface area contributed by atoms with Crippen LogP contribution in [0.1, 0.15) is 20.3 Å². The van der Waals surface area contributed by atoms with E-state index in [0.717, 1.165) is 0 Å². The molecule has 0 aromatic carbocycles. The molecule has 0 heterocycles. The fourth-order valence-electron chi connectivity index (χ4n) is 0.618. The molecule has 64 valence electrons. The van der Waals surface area contributed by atoms with E-state index in [-0.39, 0.29) is 5.97 Å². The van der Waals surface area contributed by atoms with Crippen molar-refractivity contribution in [3.63, 3.8) is 0 Å². The molecule has 11 heavy (non-hydrogen) atoms. The molecule has 0 rings (SSSR count). The van der Waals surface area contributed by atoms with Crippen LogP contribution in [0.15, 0.2) is 5.10 Å². The van der Waals surface area contributed by atoms with Crippen molar-refractivity contribution >= 4 is 11.7 Å². The summed E-state index contributed by atoms with van der Waals surface area (Å²) in [4.78, 5) is 11.0. The average molecular weight is 158 g/mol. The molecule has 0 aliphatic rings. The Balaban J connectivity index is 4.03. The highest BCUT2D eigenvalue weighted by Crippen LogP contribution is 1.88. The Morgan fingerprint density at radius 3 is 2.55 bits per heavy atom. The lowest BCUT2D eigenvalue weighted by atomic mass is 10.3. The lowest BCUT2D eigenvalue weighted by molar-refractivity contribution is -0.135. The number of carbonyl (C=O) groups excluding carboxylic acids is 1. The van der Waals surface area contributed by atoms with Crippen molar-refractivity contribution in [3.05, 3.63) is 0 Å². The minimum absolute atomic E-state index is 0.343. The first-order valence-electron chi connectivity index (χ1n) is 3.66. The Morgan fingerprint density at radius 2 is 2.18 bits per heavy atom. The van der Waals surface area contributed by atoms with E-state index in [1.807, 2.05) is 6.92 Å². The van der Waals surface area contributed by atoms with Gasteiger partial charge in [-0.25, -0.2) is 4.79 Å². The second-order valence-corrected chi connectivity index (χ2v) is 1.86. The molecule has 4 heteroatoms. The topological polar surface area (TPSA) is 50.7 Å². The molecule has 0 aromatic heterocycles. The number of hydrazone groups is 1. The molecule has 0 fully saturated rings. The van der Waals surface area contributed by atoms with Crippen molar-refractivity contribution in [2.24, 2.45) is 5.10 Å². The van der Waals surface area contributed by atoms with Gasteiger partial charge in [0.25, 0.3) is 0 Å². The van der Waals surface area contributed by atoms with Gasteiger partial charge in [-0.2, -0.15) is 5.10 Å². The van der Waals surface area contributed by atoms with Crippen molar-refractivity contribution < 1.29 is 9.53 Å². The van der Waals surface area contributed by atoms with E-state index in [1.165, 1.54) is 0 Å². The largest absolute Gasteiger partial charge is 0.461 e. The number of nitrogens with zero attached hydrogens (tertiary/aromatic N) is 1. The molecule has 0 aliphatic heterocycles. The predicted molar refractivity (Wildman–Crippen MR) is 43.4 cm³/mol. The van der Waals surface area contributed by atoms with Crippen LogP contribution in [0.4, 0.5) is 0 Å². The van der Waals surface area contributed by atoms with E-state index >= 15 is 0 Å². The molecule has 0 aromatic rings. The summed E-state index contributed by atoms with van der Waals surface area (Å²) in [5, 5.41) is 3.75. The fourth-order valence-corrected chi connectivity index (χ4v) is 0.618. The minimum atomic E-state index is -0.343. The molecule has 0 amide bonds. The predicted octanol–water partition coefficient (Wildman–Crippen LogP) is 0.535. The monoisotopic (exact) mass is 158 g/mol. The maximum absolute atomic E-state index is 11.0. The third-order valence-electron chi connectivity index (χ3n) is 1.09. The van der Waals surface area contributed by atoms with Gasteiger partial charge in [-0.05, 0) is 13.3 Å². The van der Waals surface area contributed by atoms with Gasteiger partial charge in [-0.1, -0.05) is 6.92 Å². The highest BCUT2D eigenvalue weighted by Gasteiger charge is 2.08. The minimum Gasteiger partial charge on any atom is -0.461 e. The van der Waals surface area contributed by atoms with E-state index in [4.69, 9.17) is 4.74 Å². The summed E-state index contributed by atoms with van der Waals surface area (Å²) in [6.07, 6.45) is 0.583. The number of hydrogen-bond acceptors (Lipinski definition) is 4. The summed E-state index contributed by atoms with van der Waals surface area (Å²) < 4.78 is 4.74. The van der Waals surface area contributed by atoms with Gasteiger partial charge in [0.2, 0.25) is 0 Å². The Labute approximate surface area is 66.6 Å². The van der Waals surface area contributed by atoms with Crippen molar-refractivity contribution in [1.29, 1.82) is 0 Å². The second kappa shape index (κ2) is 5.70. The number of hydrogen-bond donors (Lipinski definition) is 1. The number of ether oxygens (including phenoxy) is 1. The number of rotatable bonds is 4. The first kappa shape index (κ1) is 9.94. The summed E-state index contributed by atoms with van der Waals surface area (Å²) in [6, 6.07) is 0. The van der Waals surface area contributed by atoms with Gasteiger partial charge in [-0.15, -0.1) is 0 Å². The maximum Gasteiger partial charge on any atom is 0.354 e. The third kappa shape index (κ3) is 3.60. The Hall–Kier alpha value is -1.06. The van der Waals surface area contributed by atoms with Crippen LogP contribution in [-0.4, -0.2) is 25.3 Å². The van der Waals surface area contributed by atoms with E-state index < -0.39 is 0 Å². The zero-order valence-corrected chi connectivity index (χ0v) is 7.18. The van der Waals surface area contributed by atoms with E-state index in [2.05, 4.69) is 10.5 Å². The highest BCUT2D eigenvalue weighted by atomic mass is 16.5. The summed E-state index contributed by atoms with van der Waals surface area (Å²) in [5.41, 5.74) is 2.97. The molecule has 4 nitrogen and oxygen atoms in total. The third-order valence-corrected chi connectivity index (χ3v) is 1.09. The van der Waals surface area contributed by atoms with Crippen molar-refractivity contribution in [2.75, 3.05) is 13.7 Å². The van der Waals surface area contributed by atoms with Gasteiger partial charge in [0.15, 0.2) is 0 Å². The van der Waals surface area contributed by atoms with Gasteiger partial charge in [0.05, 0.1) is 6.61 Å². The van der Waals surface area contributed by atoms with Crippen LogP contribution in [0.5, 0.6) is 0 Å². The number of carbonyl (C=O) groups is 1. The van der Waals surface area contributed by atoms with Gasteiger partial charge in [-0.3, -0.25) is 0 Å². The van der Waals surface area contributed by atoms with Crippen LogP contribution >= 0.6 is 0 Å². The first-order chi connectivity index (χ1) is 5.26. The molecule has 0 atom stereocenters.